The summed E-state index contributed by atoms with van der Waals surface area (Å²) in [5.41, 5.74) is 0. The lowest BCUT2D eigenvalue weighted by molar-refractivity contribution is 0.122. The quantitative estimate of drug-likeness (QED) is 0.666. The van der Waals surface area contributed by atoms with Gasteiger partial charge >= 0.3 is 0 Å². The summed E-state index contributed by atoms with van der Waals surface area (Å²) in [5.74, 6) is 0.961. The number of piperidine rings is 1. The highest BCUT2D eigenvalue weighted by Gasteiger charge is 2.34. The third-order valence-corrected chi connectivity index (χ3v) is 4.84. The molecule has 2 aliphatic heterocycles. The summed E-state index contributed by atoms with van der Waals surface area (Å²) >= 11 is 0. The SMILES string of the molecule is CCCCCCCCCN1CCCC2CNCC21. The van der Waals surface area contributed by atoms with Gasteiger partial charge in [0.15, 0.2) is 0 Å². The number of nitrogens with one attached hydrogen (secondary N) is 1. The molecule has 1 N–H and O–H groups in total. The Hall–Kier alpha value is -0.0800. The van der Waals surface area contributed by atoms with Crippen LogP contribution in [-0.4, -0.2) is 37.1 Å². The van der Waals surface area contributed by atoms with Crippen LogP contribution in [0.1, 0.15) is 64.7 Å². The van der Waals surface area contributed by atoms with E-state index < -0.39 is 0 Å². The molecule has 2 saturated heterocycles. The Morgan fingerprint density at radius 2 is 1.78 bits per heavy atom. The first-order valence-corrected chi connectivity index (χ1v) is 8.36. The highest BCUT2D eigenvalue weighted by molar-refractivity contribution is 4.91. The van der Waals surface area contributed by atoms with Gasteiger partial charge < -0.3 is 5.32 Å². The van der Waals surface area contributed by atoms with Crippen LogP contribution in [-0.2, 0) is 0 Å². The summed E-state index contributed by atoms with van der Waals surface area (Å²) in [7, 11) is 0. The maximum atomic E-state index is 3.58. The first kappa shape index (κ1) is 14.3. The van der Waals surface area contributed by atoms with Crippen molar-refractivity contribution in [2.24, 2.45) is 5.92 Å². The van der Waals surface area contributed by atoms with E-state index in [4.69, 9.17) is 0 Å². The molecule has 2 fully saturated rings. The fourth-order valence-corrected chi connectivity index (χ4v) is 3.71. The monoisotopic (exact) mass is 252 g/mol. The molecule has 2 unspecified atom stereocenters. The predicted octanol–water partition coefficient (Wildman–Crippen LogP) is 3.42. The molecule has 0 saturated carbocycles. The zero-order valence-electron chi connectivity index (χ0n) is 12.3. The van der Waals surface area contributed by atoms with Gasteiger partial charge in [-0.15, -0.1) is 0 Å². The third kappa shape index (κ3) is 4.24. The van der Waals surface area contributed by atoms with Crippen molar-refractivity contribution >= 4 is 0 Å². The van der Waals surface area contributed by atoms with Gasteiger partial charge in [-0.3, -0.25) is 4.90 Å². The van der Waals surface area contributed by atoms with E-state index in [0.717, 1.165) is 12.0 Å². The number of hydrogen-bond acceptors (Lipinski definition) is 2. The molecular formula is C16H32N2. The van der Waals surface area contributed by atoms with Crippen molar-refractivity contribution in [3.05, 3.63) is 0 Å². The molecule has 0 spiro atoms. The van der Waals surface area contributed by atoms with Gasteiger partial charge in [-0.05, 0) is 44.8 Å². The summed E-state index contributed by atoms with van der Waals surface area (Å²) in [6.45, 7) is 7.54. The molecule has 0 aromatic rings. The van der Waals surface area contributed by atoms with Gasteiger partial charge in [0.1, 0.15) is 0 Å². The van der Waals surface area contributed by atoms with Crippen LogP contribution in [0.25, 0.3) is 0 Å². The Morgan fingerprint density at radius 3 is 2.61 bits per heavy atom. The second-order valence-electron chi connectivity index (χ2n) is 6.29. The molecular weight excluding hydrogens is 220 g/mol. The van der Waals surface area contributed by atoms with Crippen LogP contribution < -0.4 is 5.32 Å². The lowest BCUT2D eigenvalue weighted by atomic mass is 9.92. The van der Waals surface area contributed by atoms with E-state index in [2.05, 4.69) is 17.1 Å². The van der Waals surface area contributed by atoms with Gasteiger partial charge in [-0.1, -0.05) is 45.4 Å². The number of unbranched alkanes of at least 4 members (excludes halogenated alkanes) is 6. The maximum Gasteiger partial charge on any atom is 0.0260 e. The minimum absolute atomic E-state index is 0.874. The number of likely N-dealkylation sites (tertiary alicyclic amines) is 1. The minimum Gasteiger partial charge on any atom is -0.315 e. The molecule has 2 atom stereocenters. The molecule has 106 valence electrons. The standard InChI is InChI=1S/C16H32N2/c1-2-3-4-5-6-7-8-11-18-12-9-10-15-13-17-14-16(15)18/h15-17H,2-14H2,1H3. The Bertz CT molecular complexity index is 217. The average Bonchev–Trinajstić information content (AvgIpc) is 2.86. The van der Waals surface area contributed by atoms with Gasteiger partial charge in [0, 0.05) is 12.6 Å². The van der Waals surface area contributed by atoms with Crippen molar-refractivity contribution < 1.29 is 0 Å². The van der Waals surface area contributed by atoms with Gasteiger partial charge in [-0.2, -0.15) is 0 Å². The summed E-state index contributed by atoms with van der Waals surface area (Å²) in [4.78, 5) is 2.78. The number of fused-ring (bicyclic) bond motifs is 1. The summed E-state index contributed by atoms with van der Waals surface area (Å²) < 4.78 is 0. The predicted molar refractivity (Wildman–Crippen MR) is 78.9 cm³/mol. The zero-order valence-corrected chi connectivity index (χ0v) is 12.3. The second kappa shape index (κ2) is 8.16. The molecule has 0 aromatic heterocycles. The largest absolute Gasteiger partial charge is 0.315 e. The Balaban J connectivity index is 1.53. The molecule has 2 heterocycles. The fraction of sp³-hybridized carbons (Fsp3) is 1.00. The van der Waals surface area contributed by atoms with E-state index >= 15 is 0 Å². The highest BCUT2D eigenvalue weighted by atomic mass is 15.2. The summed E-state index contributed by atoms with van der Waals surface area (Å²) in [6, 6.07) is 0.874. The highest BCUT2D eigenvalue weighted by Crippen LogP contribution is 2.26. The molecule has 0 aliphatic carbocycles. The van der Waals surface area contributed by atoms with Crippen molar-refractivity contribution in [3.8, 4) is 0 Å². The smallest absolute Gasteiger partial charge is 0.0260 e. The van der Waals surface area contributed by atoms with Gasteiger partial charge in [-0.25, -0.2) is 0 Å². The molecule has 2 rings (SSSR count). The van der Waals surface area contributed by atoms with Crippen molar-refractivity contribution in [2.75, 3.05) is 26.2 Å². The molecule has 2 aliphatic rings. The maximum absolute atomic E-state index is 3.58. The Morgan fingerprint density at radius 1 is 1.00 bits per heavy atom. The van der Waals surface area contributed by atoms with Crippen LogP contribution in [0.3, 0.4) is 0 Å². The molecule has 2 heteroatoms. The van der Waals surface area contributed by atoms with Crippen LogP contribution >= 0.6 is 0 Å². The lowest BCUT2D eigenvalue weighted by Gasteiger charge is -2.37. The van der Waals surface area contributed by atoms with Crippen molar-refractivity contribution in [2.45, 2.75) is 70.8 Å². The molecule has 18 heavy (non-hydrogen) atoms. The number of rotatable bonds is 8. The first-order chi connectivity index (χ1) is 8.92. The van der Waals surface area contributed by atoms with Crippen LogP contribution in [0.4, 0.5) is 0 Å². The van der Waals surface area contributed by atoms with E-state index in [1.165, 1.54) is 84.0 Å². The average molecular weight is 252 g/mol. The van der Waals surface area contributed by atoms with Crippen LogP contribution in [0.15, 0.2) is 0 Å². The molecule has 0 aromatic carbocycles. The van der Waals surface area contributed by atoms with Gasteiger partial charge in [0.2, 0.25) is 0 Å². The summed E-state index contributed by atoms with van der Waals surface area (Å²) in [6.07, 6.45) is 12.9. The van der Waals surface area contributed by atoms with Crippen LogP contribution in [0.2, 0.25) is 0 Å². The van der Waals surface area contributed by atoms with E-state index in [9.17, 15) is 0 Å². The minimum atomic E-state index is 0.874. The molecule has 0 bridgehead atoms. The van der Waals surface area contributed by atoms with Crippen LogP contribution in [0, 0.1) is 5.92 Å². The van der Waals surface area contributed by atoms with Crippen molar-refractivity contribution in [1.29, 1.82) is 0 Å². The number of nitrogens with zero attached hydrogens (tertiary/aromatic N) is 1. The zero-order chi connectivity index (χ0) is 12.6. The van der Waals surface area contributed by atoms with E-state index in [1.54, 1.807) is 0 Å². The van der Waals surface area contributed by atoms with Crippen molar-refractivity contribution in [1.82, 2.24) is 10.2 Å². The van der Waals surface area contributed by atoms with Crippen LogP contribution in [0.5, 0.6) is 0 Å². The van der Waals surface area contributed by atoms with E-state index in [-0.39, 0.29) is 0 Å². The first-order valence-electron chi connectivity index (χ1n) is 8.36. The van der Waals surface area contributed by atoms with Gasteiger partial charge in [0.25, 0.3) is 0 Å². The summed E-state index contributed by atoms with van der Waals surface area (Å²) in [5, 5.41) is 3.58. The lowest BCUT2D eigenvalue weighted by Crippen LogP contribution is -2.45. The normalized spacial score (nSPS) is 28.5. The third-order valence-electron chi connectivity index (χ3n) is 4.84. The topological polar surface area (TPSA) is 15.3 Å². The molecule has 0 radical (unpaired) electrons. The second-order valence-corrected chi connectivity index (χ2v) is 6.29. The van der Waals surface area contributed by atoms with E-state index in [1.807, 2.05) is 0 Å². The fourth-order valence-electron chi connectivity index (χ4n) is 3.71. The van der Waals surface area contributed by atoms with Crippen molar-refractivity contribution in [3.63, 3.8) is 0 Å². The molecule has 0 amide bonds. The Kier molecular flexibility index (Phi) is 6.50. The number of hydrogen-bond donors (Lipinski definition) is 1. The Labute approximate surface area is 114 Å². The van der Waals surface area contributed by atoms with Gasteiger partial charge in [0.05, 0.1) is 0 Å². The molecule has 2 nitrogen and oxygen atoms in total. The van der Waals surface area contributed by atoms with E-state index in [0.29, 0.717) is 0 Å².